The van der Waals surface area contributed by atoms with Crippen LogP contribution in [0, 0.1) is 5.92 Å². The van der Waals surface area contributed by atoms with Crippen molar-refractivity contribution in [1.29, 1.82) is 0 Å². The normalized spacial score (nSPS) is 25.8. The molecule has 1 amide bonds. The molecule has 1 unspecified atom stereocenters. The fourth-order valence-electron chi connectivity index (χ4n) is 1.84. The number of aliphatic carboxylic acids is 1. The lowest BCUT2D eigenvalue weighted by Crippen LogP contribution is -2.57. The topological polar surface area (TPSA) is 83.6 Å². The monoisotopic (exact) mass is 214 g/mol. The Morgan fingerprint density at radius 2 is 2.20 bits per heavy atom. The average molecular weight is 214 g/mol. The van der Waals surface area contributed by atoms with E-state index >= 15 is 0 Å². The molecule has 1 fully saturated rings. The van der Waals surface area contributed by atoms with Crippen molar-refractivity contribution in [2.24, 2.45) is 11.7 Å². The first kappa shape index (κ1) is 12.0. The van der Waals surface area contributed by atoms with Gasteiger partial charge in [-0.1, -0.05) is 13.8 Å². The van der Waals surface area contributed by atoms with Gasteiger partial charge in [-0.3, -0.25) is 4.79 Å². The second kappa shape index (κ2) is 3.81. The van der Waals surface area contributed by atoms with Gasteiger partial charge in [0.05, 0.1) is 6.04 Å². The van der Waals surface area contributed by atoms with Crippen LogP contribution in [0.1, 0.15) is 27.2 Å². The zero-order chi connectivity index (χ0) is 11.8. The summed E-state index contributed by atoms with van der Waals surface area (Å²) in [6.07, 6.45) is 0.536. The summed E-state index contributed by atoms with van der Waals surface area (Å²) < 4.78 is 0. The van der Waals surface area contributed by atoms with Gasteiger partial charge in [0.1, 0.15) is 5.54 Å². The van der Waals surface area contributed by atoms with E-state index in [1.54, 1.807) is 20.8 Å². The number of carbonyl (C=O) groups is 2. The molecule has 1 heterocycles. The standard InChI is InChI=1S/C10H18N2O3/c1-6(2)10(3,9(14)15)12-5-4-7(11)8(12)13/h6-7H,4-5,11H2,1-3H3,(H,14,15)/t7-,10?/m0/s1. The molecule has 2 atom stereocenters. The molecule has 15 heavy (non-hydrogen) atoms. The molecule has 0 aromatic carbocycles. The van der Waals surface area contributed by atoms with E-state index in [-0.39, 0.29) is 11.8 Å². The van der Waals surface area contributed by atoms with Crippen molar-refractivity contribution in [3.63, 3.8) is 0 Å². The number of carboxylic acids is 1. The zero-order valence-corrected chi connectivity index (χ0v) is 9.36. The lowest BCUT2D eigenvalue weighted by Gasteiger charge is -2.38. The maximum atomic E-state index is 11.7. The maximum Gasteiger partial charge on any atom is 0.329 e. The number of nitrogens with zero attached hydrogens (tertiary/aromatic N) is 1. The highest BCUT2D eigenvalue weighted by atomic mass is 16.4. The third kappa shape index (κ3) is 1.71. The molecule has 5 heteroatoms. The van der Waals surface area contributed by atoms with Gasteiger partial charge in [-0.25, -0.2) is 4.79 Å². The van der Waals surface area contributed by atoms with E-state index in [2.05, 4.69) is 0 Å². The summed E-state index contributed by atoms with van der Waals surface area (Å²) in [5.41, 5.74) is 4.43. The minimum Gasteiger partial charge on any atom is -0.479 e. The molecular weight excluding hydrogens is 196 g/mol. The Hall–Kier alpha value is -1.10. The fraction of sp³-hybridized carbons (Fsp3) is 0.800. The molecular formula is C10H18N2O3. The molecule has 1 aliphatic heterocycles. The number of carbonyl (C=O) groups excluding carboxylic acids is 1. The van der Waals surface area contributed by atoms with Crippen LogP contribution in [0.3, 0.4) is 0 Å². The van der Waals surface area contributed by atoms with Gasteiger partial charge in [0.15, 0.2) is 0 Å². The minimum atomic E-state index is -1.15. The van der Waals surface area contributed by atoms with Gasteiger partial charge in [0, 0.05) is 6.54 Å². The van der Waals surface area contributed by atoms with Crippen molar-refractivity contribution in [2.45, 2.75) is 38.8 Å². The Labute approximate surface area is 89.2 Å². The predicted molar refractivity (Wildman–Crippen MR) is 55.2 cm³/mol. The van der Waals surface area contributed by atoms with Crippen molar-refractivity contribution < 1.29 is 14.7 Å². The molecule has 1 aliphatic rings. The fourth-order valence-corrected chi connectivity index (χ4v) is 1.84. The van der Waals surface area contributed by atoms with Gasteiger partial charge in [-0.05, 0) is 19.3 Å². The number of rotatable bonds is 3. The van der Waals surface area contributed by atoms with Crippen molar-refractivity contribution in [3.8, 4) is 0 Å². The Bertz CT molecular complexity index is 290. The number of amides is 1. The molecule has 0 radical (unpaired) electrons. The van der Waals surface area contributed by atoms with E-state index in [9.17, 15) is 14.7 Å². The van der Waals surface area contributed by atoms with Crippen LogP contribution >= 0.6 is 0 Å². The van der Waals surface area contributed by atoms with E-state index in [1.807, 2.05) is 0 Å². The molecule has 0 aromatic rings. The number of nitrogens with two attached hydrogens (primary N) is 1. The summed E-state index contributed by atoms with van der Waals surface area (Å²) in [5.74, 6) is -1.38. The van der Waals surface area contributed by atoms with E-state index in [0.29, 0.717) is 13.0 Å². The van der Waals surface area contributed by atoms with Crippen LogP contribution in [0.4, 0.5) is 0 Å². The number of carboxylic acid groups (broad SMARTS) is 1. The Kier molecular flexibility index (Phi) is 3.04. The molecule has 0 saturated carbocycles. The van der Waals surface area contributed by atoms with Crippen LogP contribution in [0.2, 0.25) is 0 Å². The first-order chi connectivity index (χ1) is 6.81. The van der Waals surface area contributed by atoms with E-state index in [4.69, 9.17) is 5.73 Å². The molecule has 1 saturated heterocycles. The summed E-state index contributed by atoms with van der Waals surface area (Å²) in [5, 5.41) is 9.23. The average Bonchev–Trinajstić information content (AvgIpc) is 2.46. The highest BCUT2D eigenvalue weighted by Gasteiger charge is 2.48. The molecule has 86 valence electrons. The van der Waals surface area contributed by atoms with Gasteiger partial charge in [0.25, 0.3) is 0 Å². The second-order valence-corrected chi connectivity index (χ2v) is 4.49. The SMILES string of the molecule is CC(C)C(C)(C(=O)O)N1CC[C@H](N)C1=O. The number of hydrogen-bond acceptors (Lipinski definition) is 3. The molecule has 0 spiro atoms. The highest BCUT2D eigenvalue weighted by Crippen LogP contribution is 2.29. The van der Waals surface area contributed by atoms with Crippen molar-refractivity contribution in [2.75, 3.05) is 6.54 Å². The largest absolute Gasteiger partial charge is 0.479 e. The maximum absolute atomic E-state index is 11.7. The Balaban J connectivity index is 3.02. The van der Waals surface area contributed by atoms with Crippen molar-refractivity contribution in [1.82, 2.24) is 4.90 Å². The third-order valence-corrected chi connectivity index (χ3v) is 3.36. The first-order valence-corrected chi connectivity index (χ1v) is 5.12. The summed E-state index contributed by atoms with van der Waals surface area (Å²) in [4.78, 5) is 24.4. The summed E-state index contributed by atoms with van der Waals surface area (Å²) in [6.45, 7) is 5.60. The second-order valence-electron chi connectivity index (χ2n) is 4.49. The summed E-state index contributed by atoms with van der Waals surface area (Å²) in [7, 11) is 0. The third-order valence-electron chi connectivity index (χ3n) is 3.36. The van der Waals surface area contributed by atoms with Crippen LogP contribution < -0.4 is 5.73 Å². The highest BCUT2D eigenvalue weighted by molar-refractivity contribution is 5.90. The summed E-state index contributed by atoms with van der Waals surface area (Å²) in [6, 6.07) is -0.539. The smallest absolute Gasteiger partial charge is 0.329 e. The summed E-state index contributed by atoms with van der Waals surface area (Å²) >= 11 is 0. The minimum absolute atomic E-state index is 0.149. The predicted octanol–water partition coefficient (Wildman–Crippen LogP) is 0.0453. The number of hydrogen-bond donors (Lipinski definition) is 2. The number of likely N-dealkylation sites (tertiary alicyclic amines) is 1. The molecule has 0 bridgehead atoms. The van der Waals surface area contributed by atoms with Crippen LogP contribution in [0.5, 0.6) is 0 Å². The van der Waals surface area contributed by atoms with Crippen LogP contribution in [0.15, 0.2) is 0 Å². The first-order valence-electron chi connectivity index (χ1n) is 5.12. The van der Waals surface area contributed by atoms with Gasteiger partial charge < -0.3 is 15.7 Å². The van der Waals surface area contributed by atoms with Crippen LogP contribution in [-0.4, -0.2) is 40.0 Å². The zero-order valence-electron chi connectivity index (χ0n) is 9.36. The van der Waals surface area contributed by atoms with E-state index in [1.165, 1.54) is 4.90 Å². The van der Waals surface area contributed by atoms with Gasteiger partial charge >= 0.3 is 5.97 Å². The van der Waals surface area contributed by atoms with Gasteiger partial charge in [-0.2, -0.15) is 0 Å². The van der Waals surface area contributed by atoms with Crippen LogP contribution in [-0.2, 0) is 9.59 Å². The van der Waals surface area contributed by atoms with E-state index in [0.717, 1.165) is 0 Å². The van der Waals surface area contributed by atoms with Gasteiger partial charge in [0.2, 0.25) is 5.91 Å². The molecule has 5 nitrogen and oxygen atoms in total. The van der Waals surface area contributed by atoms with Crippen molar-refractivity contribution in [3.05, 3.63) is 0 Å². The van der Waals surface area contributed by atoms with Crippen LogP contribution in [0.25, 0.3) is 0 Å². The van der Waals surface area contributed by atoms with Gasteiger partial charge in [-0.15, -0.1) is 0 Å². The van der Waals surface area contributed by atoms with E-state index < -0.39 is 17.6 Å². The molecule has 0 aromatic heterocycles. The molecule has 1 rings (SSSR count). The lowest BCUT2D eigenvalue weighted by atomic mass is 9.87. The molecule has 3 N–H and O–H groups in total. The molecule has 0 aliphatic carbocycles. The quantitative estimate of drug-likeness (QED) is 0.695. The Morgan fingerprint density at radius 3 is 2.47 bits per heavy atom. The van der Waals surface area contributed by atoms with Crippen molar-refractivity contribution >= 4 is 11.9 Å². The lowest BCUT2D eigenvalue weighted by molar-refractivity contribution is -0.159. The Morgan fingerprint density at radius 1 is 1.67 bits per heavy atom.